The Balaban J connectivity index is 1.54. The van der Waals surface area contributed by atoms with Crippen molar-refractivity contribution >= 4 is 29.5 Å². The number of carbonyl (C=O) groups is 3. The van der Waals surface area contributed by atoms with Crippen LogP contribution in [0.5, 0.6) is 11.5 Å². The predicted octanol–water partition coefficient (Wildman–Crippen LogP) is 1.97. The summed E-state index contributed by atoms with van der Waals surface area (Å²) in [5, 5.41) is 5.14. The number of anilines is 1. The molecule has 0 saturated heterocycles. The van der Waals surface area contributed by atoms with Crippen LogP contribution >= 0.6 is 0 Å². The summed E-state index contributed by atoms with van der Waals surface area (Å²) in [5.74, 6) is 0.0546. The van der Waals surface area contributed by atoms with Gasteiger partial charge in [0.1, 0.15) is 6.54 Å². The zero-order chi connectivity index (χ0) is 19.9. The van der Waals surface area contributed by atoms with Gasteiger partial charge in [-0.2, -0.15) is 0 Å². The number of hydrogen-bond donors (Lipinski definition) is 2. The maximum absolute atomic E-state index is 12.1. The number of ether oxygens (including phenoxy) is 3. The number of rotatable bonds is 6. The van der Waals surface area contributed by atoms with E-state index in [9.17, 15) is 14.4 Å². The summed E-state index contributed by atoms with van der Waals surface area (Å²) in [6.07, 6.45) is 3.06. The first-order valence-corrected chi connectivity index (χ1v) is 8.39. The summed E-state index contributed by atoms with van der Waals surface area (Å²) in [7, 11) is 1.24. The predicted molar refractivity (Wildman–Crippen MR) is 101 cm³/mol. The molecule has 0 atom stereocenters. The van der Waals surface area contributed by atoms with E-state index in [-0.39, 0.29) is 19.2 Å². The molecule has 2 amide bonds. The van der Waals surface area contributed by atoms with Crippen LogP contribution in [0.15, 0.2) is 48.5 Å². The number of fused-ring (bicyclic) bond motifs is 1. The molecule has 0 spiro atoms. The van der Waals surface area contributed by atoms with E-state index < -0.39 is 11.9 Å². The molecule has 0 bridgehead atoms. The van der Waals surface area contributed by atoms with E-state index >= 15 is 0 Å². The Morgan fingerprint density at radius 2 is 1.82 bits per heavy atom. The fourth-order valence-electron chi connectivity index (χ4n) is 2.40. The van der Waals surface area contributed by atoms with E-state index in [1.54, 1.807) is 42.5 Å². The summed E-state index contributed by atoms with van der Waals surface area (Å²) in [5.41, 5.74) is 1.69. The third-order valence-electron chi connectivity index (χ3n) is 3.86. The van der Waals surface area contributed by atoms with E-state index in [1.807, 2.05) is 6.07 Å². The third kappa shape index (κ3) is 4.88. The highest BCUT2D eigenvalue weighted by atomic mass is 16.7. The number of methoxy groups -OCH3 is 1. The summed E-state index contributed by atoms with van der Waals surface area (Å²) in [4.78, 5) is 35.0. The molecule has 0 aromatic heterocycles. The molecule has 1 heterocycles. The standard InChI is InChI=1S/C20H18N2O6/c1-26-19(24)11-21-20(25)14-4-6-15(7-5-14)22-18(23)9-3-13-2-8-16-17(10-13)28-12-27-16/h2-10H,11-12H2,1H3,(H,21,25)(H,22,23)/b9-3+. The molecule has 2 aromatic rings. The van der Waals surface area contributed by atoms with Crippen molar-refractivity contribution in [1.82, 2.24) is 5.32 Å². The first-order valence-electron chi connectivity index (χ1n) is 8.39. The van der Waals surface area contributed by atoms with Crippen molar-refractivity contribution in [2.75, 3.05) is 25.8 Å². The molecule has 3 rings (SSSR count). The molecule has 0 unspecified atom stereocenters. The molecule has 1 aliphatic rings. The Labute approximate surface area is 161 Å². The summed E-state index contributed by atoms with van der Waals surface area (Å²) in [6, 6.07) is 11.7. The van der Waals surface area contributed by atoms with Crippen molar-refractivity contribution in [3.05, 3.63) is 59.7 Å². The van der Waals surface area contributed by atoms with Crippen molar-refractivity contribution in [3.63, 3.8) is 0 Å². The molecular weight excluding hydrogens is 364 g/mol. The van der Waals surface area contributed by atoms with Crippen LogP contribution in [-0.2, 0) is 14.3 Å². The molecule has 2 N–H and O–H groups in total. The second-order valence-electron chi connectivity index (χ2n) is 5.77. The van der Waals surface area contributed by atoms with Crippen molar-refractivity contribution in [2.45, 2.75) is 0 Å². The molecule has 2 aromatic carbocycles. The molecule has 8 nitrogen and oxygen atoms in total. The van der Waals surface area contributed by atoms with Gasteiger partial charge in [-0.25, -0.2) is 0 Å². The van der Waals surface area contributed by atoms with E-state index in [2.05, 4.69) is 15.4 Å². The maximum Gasteiger partial charge on any atom is 0.325 e. The lowest BCUT2D eigenvalue weighted by molar-refractivity contribution is -0.139. The van der Waals surface area contributed by atoms with Crippen LogP contribution in [0.2, 0.25) is 0 Å². The average molecular weight is 382 g/mol. The quantitative estimate of drug-likeness (QED) is 0.585. The van der Waals surface area contributed by atoms with Crippen LogP contribution in [0, 0.1) is 0 Å². The monoisotopic (exact) mass is 382 g/mol. The Morgan fingerprint density at radius 3 is 2.57 bits per heavy atom. The number of hydrogen-bond acceptors (Lipinski definition) is 6. The SMILES string of the molecule is COC(=O)CNC(=O)c1ccc(NC(=O)/C=C/c2ccc3c(c2)OCO3)cc1. The topological polar surface area (TPSA) is 103 Å². The Kier molecular flexibility index (Phi) is 5.91. The summed E-state index contributed by atoms with van der Waals surface area (Å²) >= 11 is 0. The normalized spacial score (nSPS) is 11.9. The molecule has 28 heavy (non-hydrogen) atoms. The molecule has 1 aliphatic heterocycles. The third-order valence-corrected chi connectivity index (χ3v) is 3.86. The zero-order valence-electron chi connectivity index (χ0n) is 15.1. The number of benzene rings is 2. The molecule has 8 heteroatoms. The fraction of sp³-hybridized carbons (Fsp3) is 0.150. The van der Waals surface area contributed by atoms with Crippen LogP contribution in [0.1, 0.15) is 15.9 Å². The summed E-state index contributed by atoms with van der Waals surface area (Å²) < 4.78 is 15.0. The van der Waals surface area contributed by atoms with Gasteiger partial charge in [-0.3, -0.25) is 14.4 Å². The minimum Gasteiger partial charge on any atom is -0.468 e. The van der Waals surface area contributed by atoms with Gasteiger partial charge in [0.2, 0.25) is 12.7 Å². The second kappa shape index (κ2) is 8.72. The zero-order valence-corrected chi connectivity index (χ0v) is 15.1. The first kappa shape index (κ1) is 19.0. The molecule has 0 aliphatic carbocycles. The molecule has 0 radical (unpaired) electrons. The number of nitrogens with one attached hydrogen (secondary N) is 2. The van der Waals surface area contributed by atoms with Crippen LogP contribution in [-0.4, -0.2) is 38.2 Å². The number of amides is 2. The Hall–Kier alpha value is -3.81. The number of carbonyl (C=O) groups excluding carboxylic acids is 3. The van der Waals surface area contributed by atoms with Gasteiger partial charge in [-0.15, -0.1) is 0 Å². The van der Waals surface area contributed by atoms with Crippen molar-refractivity contribution in [3.8, 4) is 11.5 Å². The van der Waals surface area contributed by atoms with E-state index in [0.717, 1.165) is 5.56 Å². The van der Waals surface area contributed by atoms with Crippen LogP contribution in [0.4, 0.5) is 5.69 Å². The average Bonchev–Trinajstić information content (AvgIpc) is 3.18. The van der Waals surface area contributed by atoms with E-state index in [1.165, 1.54) is 13.2 Å². The highest BCUT2D eigenvalue weighted by molar-refractivity contribution is 6.02. The summed E-state index contributed by atoms with van der Waals surface area (Å²) in [6.45, 7) is -0.0157. The first-order chi connectivity index (χ1) is 13.5. The van der Waals surface area contributed by atoms with Crippen molar-refractivity contribution in [1.29, 1.82) is 0 Å². The van der Waals surface area contributed by atoms with Gasteiger partial charge < -0.3 is 24.8 Å². The Bertz CT molecular complexity index is 921. The van der Waals surface area contributed by atoms with Gasteiger partial charge in [0.15, 0.2) is 11.5 Å². The minimum atomic E-state index is -0.536. The lowest BCUT2D eigenvalue weighted by Gasteiger charge is -2.06. The highest BCUT2D eigenvalue weighted by Crippen LogP contribution is 2.32. The number of esters is 1. The highest BCUT2D eigenvalue weighted by Gasteiger charge is 2.12. The minimum absolute atomic E-state index is 0.194. The van der Waals surface area contributed by atoms with Crippen LogP contribution in [0.25, 0.3) is 6.08 Å². The largest absolute Gasteiger partial charge is 0.468 e. The maximum atomic E-state index is 12.1. The lowest BCUT2D eigenvalue weighted by Crippen LogP contribution is -2.30. The molecule has 0 fully saturated rings. The second-order valence-corrected chi connectivity index (χ2v) is 5.77. The van der Waals surface area contributed by atoms with E-state index in [4.69, 9.17) is 9.47 Å². The fourth-order valence-corrected chi connectivity index (χ4v) is 2.40. The van der Waals surface area contributed by atoms with Gasteiger partial charge in [0, 0.05) is 17.3 Å². The molecule has 0 saturated carbocycles. The van der Waals surface area contributed by atoms with Crippen LogP contribution < -0.4 is 20.1 Å². The van der Waals surface area contributed by atoms with E-state index in [0.29, 0.717) is 22.7 Å². The van der Waals surface area contributed by atoms with Crippen LogP contribution in [0.3, 0.4) is 0 Å². The molecular formula is C20H18N2O6. The van der Waals surface area contributed by atoms with Crippen molar-refractivity contribution in [2.24, 2.45) is 0 Å². The van der Waals surface area contributed by atoms with Gasteiger partial charge >= 0.3 is 5.97 Å². The van der Waals surface area contributed by atoms with Gasteiger partial charge in [0.25, 0.3) is 5.91 Å². The Morgan fingerprint density at radius 1 is 1.07 bits per heavy atom. The van der Waals surface area contributed by atoms with Crippen molar-refractivity contribution < 1.29 is 28.6 Å². The molecule has 144 valence electrons. The van der Waals surface area contributed by atoms with Gasteiger partial charge in [-0.1, -0.05) is 6.07 Å². The van der Waals surface area contributed by atoms with Gasteiger partial charge in [-0.05, 0) is 48.0 Å². The van der Waals surface area contributed by atoms with Gasteiger partial charge in [0.05, 0.1) is 7.11 Å². The smallest absolute Gasteiger partial charge is 0.325 e. The lowest BCUT2D eigenvalue weighted by atomic mass is 10.2.